The van der Waals surface area contributed by atoms with Crippen LogP contribution < -0.4 is 0 Å². The lowest BCUT2D eigenvalue weighted by Crippen LogP contribution is -2.26. The van der Waals surface area contributed by atoms with Crippen molar-refractivity contribution in [3.05, 3.63) is 34.0 Å². The fourth-order valence-corrected chi connectivity index (χ4v) is 3.39. The highest BCUT2D eigenvalue weighted by Crippen LogP contribution is 2.31. The molecule has 2 heteroatoms. The van der Waals surface area contributed by atoms with Crippen molar-refractivity contribution in [1.29, 1.82) is 0 Å². The molecule has 0 spiro atoms. The van der Waals surface area contributed by atoms with Crippen molar-refractivity contribution in [3.63, 3.8) is 0 Å². The summed E-state index contributed by atoms with van der Waals surface area (Å²) in [6, 6.07) is 2.11. The Kier molecular flexibility index (Phi) is 3.82. The molecule has 1 nitrogen and oxygen atoms in total. The summed E-state index contributed by atoms with van der Waals surface area (Å²) in [6.07, 6.45) is 5.17. The van der Waals surface area contributed by atoms with E-state index in [1.165, 1.54) is 11.1 Å². The van der Waals surface area contributed by atoms with Crippen LogP contribution in [-0.4, -0.2) is 11.2 Å². The number of hydrogen-bond donors (Lipinski definition) is 1. The minimum absolute atomic E-state index is 0.180. The summed E-state index contributed by atoms with van der Waals surface area (Å²) in [5.74, 6) is 1.07. The third-order valence-electron chi connectivity index (χ3n) is 3.40. The Balaban J connectivity index is 1.95. The molecule has 0 saturated heterocycles. The van der Waals surface area contributed by atoms with Crippen molar-refractivity contribution < 1.29 is 5.11 Å². The van der Waals surface area contributed by atoms with Crippen molar-refractivity contribution in [1.82, 2.24) is 0 Å². The Morgan fingerprint density at radius 2 is 2.38 bits per heavy atom. The zero-order valence-corrected chi connectivity index (χ0v) is 10.8. The molecule has 16 heavy (non-hydrogen) atoms. The quantitative estimate of drug-likeness (QED) is 0.794. The van der Waals surface area contributed by atoms with Gasteiger partial charge in [0.05, 0.1) is 6.10 Å². The van der Waals surface area contributed by atoms with Crippen molar-refractivity contribution in [2.45, 2.75) is 39.2 Å². The van der Waals surface area contributed by atoms with Crippen LogP contribution in [0.5, 0.6) is 0 Å². The van der Waals surface area contributed by atoms with Gasteiger partial charge in [0.1, 0.15) is 0 Å². The molecule has 0 fully saturated rings. The lowest BCUT2D eigenvalue weighted by molar-refractivity contribution is 0.0933. The van der Waals surface area contributed by atoms with Gasteiger partial charge in [-0.25, -0.2) is 0 Å². The molecule has 0 amide bonds. The molecule has 1 heterocycles. The summed E-state index contributed by atoms with van der Waals surface area (Å²) >= 11 is 1.71. The van der Waals surface area contributed by atoms with Crippen LogP contribution in [0.2, 0.25) is 0 Å². The SMILES string of the molecule is CC1=CC(C)CC(C(O)Cc2ccsc2)C1. The van der Waals surface area contributed by atoms with E-state index in [1.54, 1.807) is 11.3 Å². The topological polar surface area (TPSA) is 20.2 Å². The van der Waals surface area contributed by atoms with Crippen LogP contribution in [-0.2, 0) is 6.42 Å². The Morgan fingerprint density at radius 3 is 3.00 bits per heavy atom. The average molecular weight is 236 g/mol. The van der Waals surface area contributed by atoms with E-state index < -0.39 is 0 Å². The average Bonchev–Trinajstić information content (AvgIpc) is 2.68. The molecule has 88 valence electrons. The van der Waals surface area contributed by atoms with Gasteiger partial charge in [0, 0.05) is 0 Å². The third kappa shape index (κ3) is 2.96. The van der Waals surface area contributed by atoms with Gasteiger partial charge in [-0.15, -0.1) is 0 Å². The minimum atomic E-state index is -0.180. The molecule has 1 aromatic heterocycles. The zero-order chi connectivity index (χ0) is 11.5. The van der Waals surface area contributed by atoms with Crippen LogP contribution in [0.4, 0.5) is 0 Å². The molecule has 1 aliphatic rings. The minimum Gasteiger partial charge on any atom is -0.392 e. The first-order valence-electron chi connectivity index (χ1n) is 6.01. The van der Waals surface area contributed by atoms with Gasteiger partial charge in [0.25, 0.3) is 0 Å². The normalized spacial score (nSPS) is 27.6. The van der Waals surface area contributed by atoms with E-state index in [1.807, 2.05) is 0 Å². The van der Waals surface area contributed by atoms with Crippen LogP contribution in [0.1, 0.15) is 32.3 Å². The molecule has 1 aromatic rings. The fraction of sp³-hybridized carbons (Fsp3) is 0.571. The molecule has 0 bridgehead atoms. The molecule has 0 aliphatic heterocycles. The van der Waals surface area contributed by atoms with Gasteiger partial charge in [0.2, 0.25) is 0 Å². The molecule has 0 saturated carbocycles. The van der Waals surface area contributed by atoms with Gasteiger partial charge in [-0.3, -0.25) is 0 Å². The first-order chi connectivity index (χ1) is 7.65. The summed E-state index contributed by atoms with van der Waals surface area (Å²) in [5.41, 5.74) is 2.71. The standard InChI is InChI=1S/C14H20OS/c1-10-5-11(2)7-13(6-10)14(15)8-12-3-4-16-9-12/h3-5,9-10,13-15H,6-8H2,1-2H3. The predicted octanol–water partition coefficient (Wildman–Crippen LogP) is 3.64. The van der Waals surface area contributed by atoms with Crippen LogP contribution in [0.15, 0.2) is 28.5 Å². The first-order valence-corrected chi connectivity index (χ1v) is 6.96. The monoisotopic (exact) mass is 236 g/mol. The summed E-state index contributed by atoms with van der Waals surface area (Å²) in [5, 5.41) is 14.5. The summed E-state index contributed by atoms with van der Waals surface area (Å²) in [7, 11) is 0. The molecule has 1 N–H and O–H groups in total. The third-order valence-corrected chi connectivity index (χ3v) is 4.13. The van der Waals surface area contributed by atoms with Gasteiger partial charge in [-0.05, 0) is 60.4 Å². The van der Waals surface area contributed by atoms with E-state index >= 15 is 0 Å². The van der Waals surface area contributed by atoms with Crippen LogP contribution in [0, 0.1) is 11.8 Å². The van der Waals surface area contributed by atoms with Gasteiger partial charge < -0.3 is 5.11 Å². The predicted molar refractivity (Wildman–Crippen MR) is 69.7 cm³/mol. The van der Waals surface area contributed by atoms with E-state index in [4.69, 9.17) is 0 Å². The van der Waals surface area contributed by atoms with E-state index in [9.17, 15) is 5.11 Å². The second-order valence-corrected chi connectivity index (χ2v) is 5.87. The summed E-state index contributed by atoms with van der Waals surface area (Å²) in [6.45, 7) is 4.42. The fourth-order valence-electron chi connectivity index (χ4n) is 2.71. The summed E-state index contributed by atoms with van der Waals surface area (Å²) < 4.78 is 0. The molecule has 1 aliphatic carbocycles. The van der Waals surface area contributed by atoms with Gasteiger partial charge in [0.15, 0.2) is 0 Å². The van der Waals surface area contributed by atoms with Gasteiger partial charge in [-0.1, -0.05) is 18.6 Å². The Hall–Kier alpha value is -0.600. The van der Waals surface area contributed by atoms with Crippen molar-refractivity contribution in [3.8, 4) is 0 Å². The number of hydrogen-bond acceptors (Lipinski definition) is 2. The van der Waals surface area contributed by atoms with E-state index in [-0.39, 0.29) is 6.10 Å². The lowest BCUT2D eigenvalue weighted by Gasteiger charge is -2.29. The second kappa shape index (κ2) is 5.15. The number of rotatable bonds is 3. The number of aliphatic hydroxyl groups excluding tert-OH is 1. The van der Waals surface area contributed by atoms with Crippen LogP contribution >= 0.6 is 11.3 Å². The van der Waals surface area contributed by atoms with Crippen LogP contribution in [0.25, 0.3) is 0 Å². The van der Waals surface area contributed by atoms with Crippen molar-refractivity contribution in [2.24, 2.45) is 11.8 Å². The largest absolute Gasteiger partial charge is 0.392 e. The van der Waals surface area contributed by atoms with Crippen molar-refractivity contribution >= 4 is 11.3 Å². The van der Waals surface area contributed by atoms with Gasteiger partial charge >= 0.3 is 0 Å². The number of aliphatic hydroxyl groups is 1. The Morgan fingerprint density at radius 1 is 1.56 bits per heavy atom. The highest BCUT2D eigenvalue weighted by Gasteiger charge is 2.24. The highest BCUT2D eigenvalue weighted by molar-refractivity contribution is 7.07. The molecule has 3 unspecified atom stereocenters. The molecule has 0 radical (unpaired) electrons. The molecule has 2 rings (SSSR count). The second-order valence-electron chi connectivity index (χ2n) is 5.09. The Labute approximate surface area is 102 Å². The Bertz CT molecular complexity index is 353. The lowest BCUT2D eigenvalue weighted by atomic mass is 9.79. The summed E-state index contributed by atoms with van der Waals surface area (Å²) in [4.78, 5) is 0. The van der Waals surface area contributed by atoms with Crippen LogP contribution in [0.3, 0.4) is 0 Å². The zero-order valence-electron chi connectivity index (χ0n) is 10.0. The maximum absolute atomic E-state index is 10.3. The van der Waals surface area contributed by atoms with Gasteiger partial charge in [-0.2, -0.15) is 11.3 Å². The molecular formula is C14H20OS. The molecule has 3 atom stereocenters. The van der Waals surface area contributed by atoms with Crippen molar-refractivity contribution in [2.75, 3.05) is 0 Å². The maximum atomic E-state index is 10.3. The number of thiophene rings is 1. The molecule has 0 aromatic carbocycles. The first kappa shape index (κ1) is 11.9. The van der Waals surface area contributed by atoms with E-state index in [0.29, 0.717) is 11.8 Å². The number of allylic oxidation sites excluding steroid dienone is 2. The van der Waals surface area contributed by atoms with E-state index in [2.05, 4.69) is 36.7 Å². The molecular weight excluding hydrogens is 216 g/mol. The highest BCUT2D eigenvalue weighted by atomic mass is 32.1. The van der Waals surface area contributed by atoms with E-state index in [0.717, 1.165) is 19.3 Å². The smallest absolute Gasteiger partial charge is 0.0612 e. The maximum Gasteiger partial charge on any atom is 0.0612 e.